The molecule has 0 spiro atoms. The second-order valence-electron chi connectivity index (χ2n) is 7.22. The van der Waals surface area contributed by atoms with E-state index in [0.29, 0.717) is 11.8 Å². The smallest absolute Gasteiger partial charge is 0.321 e. The molecular formula is C26H23FO5. The minimum absolute atomic E-state index is 0.0284. The zero-order valence-corrected chi connectivity index (χ0v) is 17.4. The summed E-state index contributed by atoms with van der Waals surface area (Å²) in [5.41, 5.74) is 1.98. The first kappa shape index (κ1) is 22.9. The average Bonchev–Trinajstić information content (AvgIpc) is 2.83. The molecule has 3 aromatic carbocycles. The van der Waals surface area contributed by atoms with E-state index in [1.165, 1.54) is 24.3 Å². The number of esters is 2. The summed E-state index contributed by atoms with van der Waals surface area (Å²) >= 11 is 0. The molecule has 0 aliphatic heterocycles. The lowest BCUT2D eigenvalue weighted by atomic mass is 9.83. The Hall–Kier alpha value is -3.80. The van der Waals surface area contributed by atoms with E-state index in [1.54, 1.807) is 24.3 Å². The summed E-state index contributed by atoms with van der Waals surface area (Å²) in [7, 11) is 0. The number of ether oxygens (including phenoxy) is 2. The highest BCUT2D eigenvalue weighted by Crippen LogP contribution is 2.30. The van der Waals surface area contributed by atoms with Crippen LogP contribution in [0.4, 0.5) is 4.39 Å². The molecule has 0 amide bonds. The second-order valence-corrected chi connectivity index (χ2v) is 7.22. The van der Waals surface area contributed by atoms with Crippen LogP contribution in [0, 0.1) is 11.7 Å². The van der Waals surface area contributed by atoms with E-state index in [1.807, 2.05) is 36.4 Å². The average molecular weight is 434 g/mol. The van der Waals surface area contributed by atoms with E-state index in [9.17, 15) is 18.8 Å². The molecule has 0 heterocycles. The Bertz CT molecular complexity index is 964. The molecule has 0 unspecified atom stereocenters. The van der Waals surface area contributed by atoms with Crippen LogP contribution in [0.3, 0.4) is 0 Å². The van der Waals surface area contributed by atoms with Gasteiger partial charge in [-0.3, -0.25) is 9.59 Å². The molecule has 1 atom stereocenters. The number of aldehydes is 1. The summed E-state index contributed by atoms with van der Waals surface area (Å²) in [6, 6.07) is 23.4. The Morgan fingerprint density at radius 3 is 1.66 bits per heavy atom. The summed E-state index contributed by atoms with van der Waals surface area (Å²) in [5, 5.41) is 0. The molecular weight excluding hydrogens is 411 g/mol. The van der Waals surface area contributed by atoms with Crippen LogP contribution >= 0.6 is 0 Å². The zero-order chi connectivity index (χ0) is 22.8. The van der Waals surface area contributed by atoms with Crippen LogP contribution in [0.15, 0.2) is 84.9 Å². The van der Waals surface area contributed by atoms with Gasteiger partial charge in [-0.15, -0.1) is 0 Å². The van der Waals surface area contributed by atoms with Crippen molar-refractivity contribution in [3.05, 3.63) is 107 Å². The molecule has 0 saturated heterocycles. The fraction of sp³-hybridized carbons (Fsp3) is 0.192. The Labute approximate surface area is 185 Å². The Kier molecular flexibility index (Phi) is 8.26. The number of hydrogen-bond donors (Lipinski definition) is 0. The van der Waals surface area contributed by atoms with Gasteiger partial charge in [0.05, 0.1) is 0 Å². The highest BCUT2D eigenvalue weighted by molar-refractivity contribution is 5.96. The third kappa shape index (κ3) is 6.35. The van der Waals surface area contributed by atoms with Crippen LogP contribution < -0.4 is 0 Å². The molecule has 0 fully saturated rings. The van der Waals surface area contributed by atoms with Gasteiger partial charge in [0, 0.05) is 12.3 Å². The third-order valence-electron chi connectivity index (χ3n) is 5.01. The van der Waals surface area contributed by atoms with Gasteiger partial charge in [0.15, 0.2) is 5.92 Å². The molecule has 3 rings (SSSR count). The van der Waals surface area contributed by atoms with Crippen LogP contribution in [0.5, 0.6) is 0 Å². The summed E-state index contributed by atoms with van der Waals surface area (Å²) in [4.78, 5) is 37.4. The first-order valence-electron chi connectivity index (χ1n) is 10.2. The van der Waals surface area contributed by atoms with Crippen molar-refractivity contribution in [1.82, 2.24) is 0 Å². The number of halogens is 1. The fourth-order valence-corrected chi connectivity index (χ4v) is 3.34. The Morgan fingerprint density at radius 2 is 1.22 bits per heavy atom. The maximum Gasteiger partial charge on any atom is 0.321 e. The van der Waals surface area contributed by atoms with Crippen LogP contribution in [0.25, 0.3) is 0 Å². The van der Waals surface area contributed by atoms with Crippen LogP contribution in [-0.4, -0.2) is 18.2 Å². The first-order chi connectivity index (χ1) is 15.6. The monoisotopic (exact) mass is 434 g/mol. The van der Waals surface area contributed by atoms with Crippen molar-refractivity contribution in [2.75, 3.05) is 0 Å². The van der Waals surface area contributed by atoms with Gasteiger partial charge in [-0.2, -0.15) is 0 Å². The molecule has 0 N–H and O–H groups in total. The van der Waals surface area contributed by atoms with Gasteiger partial charge >= 0.3 is 11.9 Å². The molecule has 0 aromatic heterocycles. The number of carbonyl (C=O) groups is 3. The summed E-state index contributed by atoms with van der Waals surface area (Å²) in [5.74, 6) is -4.29. The van der Waals surface area contributed by atoms with Gasteiger partial charge in [0.2, 0.25) is 0 Å². The lowest BCUT2D eigenvalue weighted by Gasteiger charge is -2.23. The molecule has 0 aliphatic rings. The number of benzene rings is 3. The molecule has 0 aliphatic carbocycles. The Morgan fingerprint density at radius 1 is 0.750 bits per heavy atom. The van der Waals surface area contributed by atoms with Gasteiger partial charge in [-0.25, -0.2) is 4.39 Å². The van der Waals surface area contributed by atoms with E-state index in [2.05, 4.69) is 0 Å². The largest absolute Gasteiger partial charge is 0.460 e. The van der Waals surface area contributed by atoms with Gasteiger partial charge in [-0.05, 0) is 28.8 Å². The highest BCUT2D eigenvalue weighted by Gasteiger charge is 2.38. The predicted molar refractivity (Wildman–Crippen MR) is 116 cm³/mol. The molecule has 0 saturated carbocycles. The summed E-state index contributed by atoms with van der Waals surface area (Å²) < 4.78 is 24.2. The van der Waals surface area contributed by atoms with Crippen molar-refractivity contribution >= 4 is 18.2 Å². The quantitative estimate of drug-likeness (QED) is 0.265. The Balaban J connectivity index is 1.83. The number of hydrogen-bond acceptors (Lipinski definition) is 5. The number of rotatable bonds is 10. The van der Waals surface area contributed by atoms with Gasteiger partial charge in [-0.1, -0.05) is 72.8 Å². The summed E-state index contributed by atoms with van der Waals surface area (Å²) in [6.45, 7) is -0.0568. The fourth-order valence-electron chi connectivity index (χ4n) is 3.34. The molecule has 3 aromatic rings. The van der Waals surface area contributed by atoms with Crippen molar-refractivity contribution < 1.29 is 28.2 Å². The van der Waals surface area contributed by atoms with E-state index >= 15 is 0 Å². The highest BCUT2D eigenvalue weighted by atomic mass is 19.1. The third-order valence-corrected chi connectivity index (χ3v) is 5.01. The van der Waals surface area contributed by atoms with Gasteiger partial charge < -0.3 is 14.3 Å². The maximum absolute atomic E-state index is 13.4. The minimum Gasteiger partial charge on any atom is -0.460 e. The van der Waals surface area contributed by atoms with Crippen LogP contribution in [-0.2, 0) is 37.1 Å². The molecule has 164 valence electrons. The van der Waals surface area contributed by atoms with Crippen LogP contribution in [0.1, 0.15) is 29.0 Å². The first-order valence-corrected chi connectivity index (χ1v) is 10.2. The van der Waals surface area contributed by atoms with Gasteiger partial charge in [0.25, 0.3) is 0 Å². The molecule has 6 heteroatoms. The SMILES string of the molecule is O=CC[C@H](c1ccc(F)cc1)C(C(=O)OCc1ccccc1)C(=O)OCc1ccccc1. The lowest BCUT2D eigenvalue weighted by Crippen LogP contribution is -2.33. The minimum atomic E-state index is -1.38. The van der Waals surface area contributed by atoms with E-state index in [-0.39, 0.29) is 19.6 Å². The van der Waals surface area contributed by atoms with Gasteiger partial charge in [0.1, 0.15) is 25.3 Å². The molecule has 0 bridgehead atoms. The zero-order valence-electron chi connectivity index (χ0n) is 17.4. The molecule has 32 heavy (non-hydrogen) atoms. The molecule has 0 radical (unpaired) electrons. The van der Waals surface area contributed by atoms with E-state index in [4.69, 9.17) is 9.47 Å². The van der Waals surface area contributed by atoms with Crippen molar-refractivity contribution in [1.29, 1.82) is 0 Å². The predicted octanol–water partition coefficient (Wildman–Crippen LogP) is 4.60. The topological polar surface area (TPSA) is 69.7 Å². The normalized spacial score (nSPS) is 11.6. The summed E-state index contributed by atoms with van der Waals surface area (Å²) in [6.07, 6.45) is 0.493. The van der Waals surface area contributed by atoms with Crippen molar-refractivity contribution in [3.8, 4) is 0 Å². The molecule has 5 nitrogen and oxygen atoms in total. The van der Waals surface area contributed by atoms with Crippen LogP contribution in [0.2, 0.25) is 0 Å². The van der Waals surface area contributed by atoms with E-state index < -0.39 is 29.6 Å². The lowest BCUT2D eigenvalue weighted by molar-refractivity contribution is -0.165. The number of carbonyl (C=O) groups excluding carboxylic acids is 3. The van der Waals surface area contributed by atoms with Crippen molar-refractivity contribution in [2.24, 2.45) is 5.92 Å². The van der Waals surface area contributed by atoms with Crippen molar-refractivity contribution in [2.45, 2.75) is 25.6 Å². The van der Waals surface area contributed by atoms with Crippen molar-refractivity contribution in [3.63, 3.8) is 0 Å². The maximum atomic E-state index is 13.4. The second kappa shape index (κ2) is 11.6. The standard InChI is InChI=1S/C26H23FO5/c27-22-13-11-21(12-14-22)23(15-16-28)24(25(29)31-17-19-7-3-1-4-8-19)26(30)32-18-20-9-5-2-6-10-20/h1-14,16,23-24H,15,17-18H2/t23-/m1/s1. The van der Waals surface area contributed by atoms with E-state index in [0.717, 1.165) is 11.1 Å².